The van der Waals surface area contributed by atoms with Crippen LogP contribution in [0.15, 0.2) is 18.2 Å². The van der Waals surface area contributed by atoms with Crippen LogP contribution in [0.4, 0.5) is 10.1 Å². The van der Waals surface area contributed by atoms with Crippen LogP contribution in [0.25, 0.3) is 0 Å². The predicted molar refractivity (Wildman–Crippen MR) is 62.2 cm³/mol. The van der Waals surface area contributed by atoms with E-state index in [2.05, 4.69) is 5.32 Å². The van der Waals surface area contributed by atoms with Crippen molar-refractivity contribution in [3.63, 3.8) is 0 Å². The lowest BCUT2D eigenvalue weighted by atomic mass is 9.93. The summed E-state index contributed by atoms with van der Waals surface area (Å²) >= 11 is 5.86. The molecular weight excluding hydrogens is 233 g/mol. The van der Waals surface area contributed by atoms with Crippen LogP contribution in [-0.2, 0) is 0 Å². The van der Waals surface area contributed by atoms with Crippen LogP contribution < -0.4 is 5.32 Å². The third kappa shape index (κ3) is 3.33. The molecule has 0 fully saturated rings. The Balaban J connectivity index is 2.70. The van der Waals surface area contributed by atoms with Crippen molar-refractivity contribution < 1.29 is 14.6 Å². The summed E-state index contributed by atoms with van der Waals surface area (Å²) in [5.74, 6) is -0.387. The standard InChI is InChI=1S/C11H15ClFNO2/c1-11(6-15,7-16)5-14-10-4-8(13)2-3-9(10)12/h2-4,14-16H,5-7H2,1H3. The first-order valence-electron chi connectivity index (χ1n) is 4.91. The van der Waals surface area contributed by atoms with Gasteiger partial charge in [-0.15, -0.1) is 0 Å². The number of anilines is 1. The van der Waals surface area contributed by atoms with E-state index in [1.165, 1.54) is 18.2 Å². The minimum Gasteiger partial charge on any atom is -0.396 e. The lowest BCUT2D eigenvalue weighted by Crippen LogP contribution is -2.34. The highest BCUT2D eigenvalue weighted by Gasteiger charge is 2.22. The van der Waals surface area contributed by atoms with E-state index < -0.39 is 5.41 Å². The lowest BCUT2D eigenvalue weighted by molar-refractivity contribution is 0.0806. The Kier molecular flexibility index (Phi) is 4.53. The second-order valence-corrected chi connectivity index (χ2v) is 4.51. The van der Waals surface area contributed by atoms with Gasteiger partial charge in [0.15, 0.2) is 0 Å². The summed E-state index contributed by atoms with van der Waals surface area (Å²) in [5, 5.41) is 21.5. The summed E-state index contributed by atoms with van der Waals surface area (Å²) in [7, 11) is 0. The quantitative estimate of drug-likeness (QED) is 0.745. The number of rotatable bonds is 5. The van der Waals surface area contributed by atoms with Crippen LogP contribution in [0.3, 0.4) is 0 Å². The minimum atomic E-state index is -0.657. The summed E-state index contributed by atoms with van der Waals surface area (Å²) in [5.41, 5.74) is -0.204. The van der Waals surface area contributed by atoms with Gasteiger partial charge in [-0.1, -0.05) is 18.5 Å². The van der Waals surface area contributed by atoms with Crippen molar-refractivity contribution in [2.75, 3.05) is 25.1 Å². The smallest absolute Gasteiger partial charge is 0.125 e. The van der Waals surface area contributed by atoms with Gasteiger partial charge in [0.1, 0.15) is 5.82 Å². The normalized spacial score (nSPS) is 11.6. The Morgan fingerprint density at radius 3 is 2.56 bits per heavy atom. The molecule has 0 aliphatic rings. The van der Waals surface area contributed by atoms with E-state index in [0.717, 1.165) is 0 Å². The van der Waals surface area contributed by atoms with E-state index >= 15 is 0 Å². The molecule has 0 bridgehead atoms. The Hall–Kier alpha value is -0.840. The van der Waals surface area contributed by atoms with E-state index in [1.807, 2.05) is 0 Å². The maximum Gasteiger partial charge on any atom is 0.125 e. The Morgan fingerprint density at radius 1 is 1.38 bits per heavy atom. The van der Waals surface area contributed by atoms with Crippen molar-refractivity contribution in [3.8, 4) is 0 Å². The van der Waals surface area contributed by atoms with Crippen LogP contribution in [0.2, 0.25) is 5.02 Å². The molecule has 0 aliphatic heterocycles. The molecule has 5 heteroatoms. The van der Waals surface area contributed by atoms with Crippen LogP contribution in [0.1, 0.15) is 6.92 Å². The molecule has 3 N–H and O–H groups in total. The summed E-state index contributed by atoms with van der Waals surface area (Å²) < 4.78 is 12.9. The van der Waals surface area contributed by atoms with Gasteiger partial charge in [0.2, 0.25) is 0 Å². The summed E-state index contributed by atoms with van der Waals surface area (Å²) in [6.07, 6.45) is 0. The van der Waals surface area contributed by atoms with E-state index in [1.54, 1.807) is 6.92 Å². The van der Waals surface area contributed by atoms with Crippen LogP contribution in [0, 0.1) is 11.2 Å². The molecular formula is C11H15ClFNO2. The monoisotopic (exact) mass is 247 g/mol. The maximum atomic E-state index is 12.9. The number of aliphatic hydroxyl groups excluding tert-OH is 2. The fourth-order valence-corrected chi connectivity index (χ4v) is 1.29. The molecule has 0 radical (unpaired) electrons. The molecule has 0 saturated heterocycles. The zero-order valence-corrected chi connectivity index (χ0v) is 9.76. The van der Waals surface area contributed by atoms with Gasteiger partial charge in [-0.2, -0.15) is 0 Å². The Morgan fingerprint density at radius 2 is 2.00 bits per heavy atom. The first kappa shape index (κ1) is 13.2. The molecule has 3 nitrogen and oxygen atoms in total. The number of halogens is 2. The number of aliphatic hydroxyl groups is 2. The molecule has 0 aromatic heterocycles. The van der Waals surface area contributed by atoms with E-state index in [-0.39, 0.29) is 19.0 Å². The largest absolute Gasteiger partial charge is 0.396 e. The second kappa shape index (κ2) is 5.48. The van der Waals surface area contributed by atoms with Crippen molar-refractivity contribution in [1.29, 1.82) is 0 Å². The first-order chi connectivity index (χ1) is 7.50. The van der Waals surface area contributed by atoms with Gasteiger partial charge in [-0.25, -0.2) is 4.39 Å². The summed E-state index contributed by atoms with van der Waals surface area (Å²) in [4.78, 5) is 0. The molecule has 90 valence electrons. The topological polar surface area (TPSA) is 52.5 Å². The van der Waals surface area contributed by atoms with Crippen molar-refractivity contribution in [2.45, 2.75) is 6.92 Å². The van der Waals surface area contributed by atoms with Gasteiger partial charge in [-0.3, -0.25) is 0 Å². The number of hydrogen-bond acceptors (Lipinski definition) is 3. The fourth-order valence-electron chi connectivity index (χ4n) is 1.10. The van der Waals surface area contributed by atoms with Crippen molar-refractivity contribution in [1.82, 2.24) is 0 Å². The molecule has 0 amide bonds. The molecule has 0 unspecified atom stereocenters. The van der Waals surface area contributed by atoms with Gasteiger partial charge in [0.05, 0.1) is 23.9 Å². The maximum absolute atomic E-state index is 12.9. The highest BCUT2D eigenvalue weighted by atomic mass is 35.5. The SMILES string of the molecule is CC(CO)(CO)CNc1cc(F)ccc1Cl. The van der Waals surface area contributed by atoms with Gasteiger partial charge in [0.25, 0.3) is 0 Å². The second-order valence-electron chi connectivity index (χ2n) is 4.10. The third-order valence-corrected chi connectivity index (χ3v) is 2.73. The van der Waals surface area contributed by atoms with Gasteiger partial charge >= 0.3 is 0 Å². The van der Waals surface area contributed by atoms with Crippen molar-refractivity contribution in [2.24, 2.45) is 5.41 Å². The Labute approximate surface area is 98.9 Å². The van der Waals surface area contributed by atoms with Gasteiger partial charge in [-0.05, 0) is 18.2 Å². The summed E-state index contributed by atoms with van der Waals surface area (Å²) in [6, 6.07) is 4.00. The predicted octanol–water partition coefficient (Wildman–Crippen LogP) is 1.88. The van der Waals surface area contributed by atoms with E-state index in [0.29, 0.717) is 17.3 Å². The van der Waals surface area contributed by atoms with Crippen LogP contribution in [0.5, 0.6) is 0 Å². The highest BCUT2D eigenvalue weighted by Crippen LogP contribution is 2.24. The zero-order valence-electron chi connectivity index (χ0n) is 9.00. The van der Waals surface area contributed by atoms with Crippen LogP contribution in [-0.4, -0.2) is 30.0 Å². The van der Waals surface area contributed by atoms with Gasteiger partial charge in [0, 0.05) is 12.0 Å². The van der Waals surface area contributed by atoms with E-state index in [9.17, 15) is 4.39 Å². The van der Waals surface area contributed by atoms with Crippen molar-refractivity contribution in [3.05, 3.63) is 29.0 Å². The molecule has 1 rings (SSSR count). The first-order valence-corrected chi connectivity index (χ1v) is 5.29. The third-order valence-electron chi connectivity index (χ3n) is 2.40. The molecule has 16 heavy (non-hydrogen) atoms. The Bertz CT molecular complexity index is 356. The molecule has 0 atom stereocenters. The average Bonchev–Trinajstić information content (AvgIpc) is 2.30. The number of nitrogens with one attached hydrogen (secondary N) is 1. The van der Waals surface area contributed by atoms with E-state index in [4.69, 9.17) is 21.8 Å². The molecule has 0 spiro atoms. The average molecular weight is 248 g/mol. The molecule has 1 aromatic rings. The number of benzene rings is 1. The minimum absolute atomic E-state index is 0.163. The lowest BCUT2D eigenvalue weighted by Gasteiger charge is -2.25. The fraction of sp³-hybridized carbons (Fsp3) is 0.455. The van der Waals surface area contributed by atoms with Crippen LogP contribution >= 0.6 is 11.6 Å². The number of hydrogen-bond donors (Lipinski definition) is 3. The van der Waals surface area contributed by atoms with Crippen molar-refractivity contribution >= 4 is 17.3 Å². The zero-order chi connectivity index (χ0) is 12.2. The molecule has 0 heterocycles. The molecule has 0 aliphatic carbocycles. The highest BCUT2D eigenvalue weighted by molar-refractivity contribution is 6.33. The summed E-state index contributed by atoms with van der Waals surface area (Å²) in [6.45, 7) is 1.70. The molecule has 0 saturated carbocycles. The van der Waals surface area contributed by atoms with Gasteiger partial charge < -0.3 is 15.5 Å². The molecule has 1 aromatic carbocycles.